The molecular weight excluding hydrogens is 264 g/mol. The number of rotatable bonds is 5. The lowest BCUT2D eigenvalue weighted by atomic mass is 10.1. The van der Waals surface area contributed by atoms with Gasteiger partial charge in [-0.15, -0.1) is 6.58 Å². The van der Waals surface area contributed by atoms with Crippen LogP contribution in [0.3, 0.4) is 0 Å². The molecule has 0 radical (unpaired) electrons. The Morgan fingerprint density at radius 1 is 1.48 bits per heavy atom. The molecule has 5 heteroatoms. The second-order valence-electron chi connectivity index (χ2n) is 4.89. The minimum absolute atomic E-state index is 0.226. The highest BCUT2D eigenvalue weighted by atomic mass is 16.1. The zero-order valence-electron chi connectivity index (χ0n) is 12.4. The Bertz CT molecular complexity index is 719. The van der Waals surface area contributed by atoms with Crippen LogP contribution in [0.1, 0.15) is 23.6 Å². The van der Waals surface area contributed by atoms with Crippen LogP contribution >= 0.6 is 0 Å². The lowest BCUT2D eigenvalue weighted by molar-refractivity contribution is 1.06. The highest BCUT2D eigenvalue weighted by Crippen LogP contribution is 2.19. The summed E-state index contributed by atoms with van der Waals surface area (Å²) in [6, 6.07) is 6.03. The normalized spacial score (nSPS) is 10.4. The van der Waals surface area contributed by atoms with Gasteiger partial charge >= 0.3 is 0 Å². The molecule has 0 bridgehead atoms. The number of aromatic amines is 1. The third kappa shape index (κ3) is 3.31. The number of hydrogen-bond donors (Lipinski definition) is 3. The molecule has 1 aromatic heterocycles. The number of allylic oxidation sites excluding steroid dienone is 1. The van der Waals surface area contributed by atoms with E-state index in [4.69, 9.17) is 5.73 Å². The van der Waals surface area contributed by atoms with E-state index in [0.717, 1.165) is 12.1 Å². The van der Waals surface area contributed by atoms with Gasteiger partial charge in [0.05, 0.1) is 5.56 Å². The highest BCUT2D eigenvalue weighted by molar-refractivity contribution is 5.57. The van der Waals surface area contributed by atoms with Gasteiger partial charge in [-0.3, -0.25) is 9.78 Å². The molecule has 1 heterocycles. The Kier molecular flexibility index (Phi) is 4.42. The Balaban J connectivity index is 2.32. The number of aryl methyl sites for hydroxylation is 2. The molecule has 21 heavy (non-hydrogen) atoms. The Labute approximate surface area is 123 Å². The van der Waals surface area contributed by atoms with Crippen LogP contribution in [0.4, 0.5) is 17.5 Å². The van der Waals surface area contributed by atoms with Gasteiger partial charge in [-0.05, 0) is 43.0 Å². The maximum atomic E-state index is 12.0. The molecule has 2 aromatic rings. The molecule has 0 spiro atoms. The van der Waals surface area contributed by atoms with Crippen molar-refractivity contribution in [3.8, 4) is 0 Å². The van der Waals surface area contributed by atoms with Crippen LogP contribution in [0, 0.1) is 6.92 Å². The van der Waals surface area contributed by atoms with Crippen molar-refractivity contribution in [1.82, 2.24) is 9.97 Å². The van der Waals surface area contributed by atoms with Crippen molar-refractivity contribution in [2.24, 2.45) is 0 Å². The van der Waals surface area contributed by atoms with Crippen LogP contribution in [0.2, 0.25) is 0 Å². The van der Waals surface area contributed by atoms with E-state index in [0.29, 0.717) is 17.9 Å². The number of anilines is 3. The number of nitrogen functional groups attached to an aromatic ring is 1. The van der Waals surface area contributed by atoms with Crippen molar-refractivity contribution in [3.05, 3.63) is 57.9 Å². The van der Waals surface area contributed by atoms with Crippen molar-refractivity contribution < 1.29 is 0 Å². The quantitative estimate of drug-likeness (QED) is 0.737. The van der Waals surface area contributed by atoms with E-state index < -0.39 is 0 Å². The van der Waals surface area contributed by atoms with Gasteiger partial charge in [-0.25, -0.2) is 0 Å². The van der Waals surface area contributed by atoms with Gasteiger partial charge in [0, 0.05) is 5.69 Å². The third-order valence-corrected chi connectivity index (χ3v) is 3.39. The first-order valence-corrected chi connectivity index (χ1v) is 6.91. The van der Waals surface area contributed by atoms with Gasteiger partial charge in [0.1, 0.15) is 5.82 Å². The largest absolute Gasteiger partial charge is 0.383 e. The molecule has 0 unspecified atom stereocenters. The van der Waals surface area contributed by atoms with Gasteiger partial charge in [-0.2, -0.15) is 4.98 Å². The summed E-state index contributed by atoms with van der Waals surface area (Å²) in [6.45, 7) is 7.78. The predicted octanol–water partition coefficient (Wildman–Crippen LogP) is 2.70. The van der Waals surface area contributed by atoms with E-state index in [2.05, 4.69) is 35.7 Å². The zero-order valence-corrected chi connectivity index (χ0v) is 12.4. The van der Waals surface area contributed by atoms with Gasteiger partial charge in [0.25, 0.3) is 5.56 Å². The first-order chi connectivity index (χ1) is 10.0. The molecule has 0 aliphatic heterocycles. The topological polar surface area (TPSA) is 83.8 Å². The van der Waals surface area contributed by atoms with Crippen LogP contribution in [0.15, 0.2) is 35.6 Å². The summed E-state index contributed by atoms with van der Waals surface area (Å²) in [6.07, 6.45) is 2.98. The van der Waals surface area contributed by atoms with E-state index in [-0.39, 0.29) is 11.4 Å². The van der Waals surface area contributed by atoms with Crippen LogP contribution in [0.25, 0.3) is 0 Å². The second-order valence-corrected chi connectivity index (χ2v) is 4.89. The standard InChI is InChI=1S/C16H20N4O/c1-4-6-13-14(17)19-16(20-15(13)21)18-12-8-7-10(3)11(5-2)9-12/h4,7-9H,1,5-6H2,2-3H3,(H4,17,18,19,20,21). The van der Waals surface area contributed by atoms with Crippen molar-refractivity contribution in [1.29, 1.82) is 0 Å². The minimum atomic E-state index is -0.243. The summed E-state index contributed by atoms with van der Waals surface area (Å²) in [7, 11) is 0. The molecule has 0 atom stereocenters. The molecule has 5 nitrogen and oxygen atoms in total. The predicted molar refractivity (Wildman–Crippen MR) is 87.0 cm³/mol. The number of nitrogens with two attached hydrogens (primary N) is 1. The fourth-order valence-corrected chi connectivity index (χ4v) is 2.18. The highest BCUT2D eigenvalue weighted by Gasteiger charge is 2.08. The molecule has 0 saturated carbocycles. The van der Waals surface area contributed by atoms with Crippen molar-refractivity contribution in [3.63, 3.8) is 0 Å². The minimum Gasteiger partial charge on any atom is -0.383 e. The molecule has 0 saturated heterocycles. The number of nitrogens with one attached hydrogen (secondary N) is 2. The van der Waals surface area contributed by atoms with E-state index in [1.165, 1.54) is 11.1 Å². The van der Waals surface area contributed by atoms with E-state index in [1.54, 1.807) is 6.08 Å². The molecule has 0 amide bonds. The molecule has 0 aliphatic rings. The summed E-state index contributed by atoms with van der Waals surface area (Å²) >= 11 is 0. The van der Waals surface area contributed by atoms with Crippen LogP contribution < -0.4 is 16.6 Å². The van der Waals surface area contributed by atoms with Gasteiger partial charge in [0.2, 0.25) is 5.95 Å². The summed E-state index contributed by atoms with van der Waals surface area (Å²) in [4.78, 5) is 18.8. The third-order valence-electron chi connectivity index (χ3n) is 3.39. The van der Waals surface area contributed by atoms with Gasteiger partial charge in [0.15, 0.2) is 0 Å². The summed E-state index contributed by atoms with van der Waals surface area (Å²) in [5.74, 6) is 0.570. The monoisotopic (exact) mass is 284 g/mol. The molecule has 4 N–H and O–H groups in total. The Morgan fingerprint density at radius 3 is 2.86 bits per heavy atom. The van der Waals surface area contributed by atoms with Crippen LogP contribution in [-0.4, -0.2) is 9.97 Å². The van der Waals surface area contributed by atoms with E-state index in [9.17, 15) is 4.79 Å². The molecule has 1 aromatic carbocycles. The second kappa shape index (κ2) is 6.26. The van der Waals surface area contributed by atoms with Gasteiger partial charge in [-0.1, -0.05) is 19.1 Å². The van der Waals surface area contributed by atoms with Crippen LogP contribution in [0.5, 0.6) is 0 Å². The SMILES string of the molecule is C=CCc1c(N)nc(Nc2ccc(C)c(CC)c2)[nH]c1=O. The number of benzene rings is 1. The maximum absolute atomic E-state index is 12.0. The zero-order chi connectivity index (χ0) is 15.4. The first-order valence-electron chi connectivity index (χ1n) is 6.91. The molecule has 0 fully saturated rings. The molecular formula is C16H20N4O. The lowest BCUT2D eigenvalue weighted by Crippen LogP contribution is -2.18. The van der Waals surface area contributed by atoms with Crippen molar-refractivity contribution in [2.75, 3.05) is 11.1 Å². The lowest BCUT2D eigenvalue weighted by Gasteiger charge is -2.10. The fraction of sp³-hybridized carbons (Fsp3) is 0.250. The molecule has 110 valence electrons. The molecule has 0 aliphatic carbocycles. The summed E-state index contributed by atoms with van der Waals surface area (Å²) in [5, 5.41) is 3.08. The number of aromatic nitrogens is 2. The Hall–Kier alpha value is -2.56. The average Bonchev–Trinajstić information content (AvgIpc) is 2.45. The Morgan fingerprint density at radius 2 is 2.24 bits per heavy atom. The van der Waals surface area contributed by atoms with E-state index >= 15 is 0 Å². The van der Waals surface area contributed by atoms with Gasteiger partial charge < -0.3 is 11.1 Å². The van der Waals surface area contributed by atoms with E-state index in [1.807, 2.05) is 18.2 Å². The average molecular weight is 284 g/mol. The number of nitrogens with zero attached hydrogens (tertiary/aromatic N) is 1. The first kappa shape index (κ1) is 14.8. The number of hydrogen-bond acceptors (Lipinski definition) is 4. The summed E-state index contributed by atoms with van der Waals surface area (Å²) < 4.78 is 0. The van der Waals surface area contributed by atoms with Crippen molar-refractivity contribution in [2.45, 2.75) is 26.7 Å². The molecule has 2 rings (SSSR count). The fourth-order valence-electron chi connectivity index (χ4n) is 2.18. The van der Waals surface area contributed by atoms with Crippen molar-refractivity contribution >= 4 is 17.5 Å². The smallest absolute Gasteiger partial charge is 0.257 e. The maximum Gasteiger partial charge on any atom is 0.257 e. The summed E-state index contributed by atoms with van der Waals surface area (Å²) in [5.41, 5.74) is 9.38. The van der Waals surface area contributed by atoms with Crippen LogP contribution in [-0.2, 0) is 12.8 Å². The number of H-pyrrole nitrogens is 1.